The van der Waals surface area contributed by atoms with Gasteiger partial charge < -0.3 is 20.8 Å². The molecular weight excluding hydrogens is 344 g/mol. The standard InChI is InChI=1S/C17H28N2O5S/c1-5-12(25-6-2)7-9-18-15(23)13(21)8-10-19-16(24)14(22)17(3,4)11-20/h5-6,14,20,22H,2,7-11H2,1,3-4H3,(H,18,23)(H,19,24). The molecule has 0 aliphatic heterocycles. The van der Waals surface area contributed by atoms with Gasteiger partial charge in [-0.2, -0.15) is 0 Å². The van der Waals surface area contributed by atoms with Gasteiger partial charge in [-0.25, -0.2) is 0 Å². The minimum absolute atomic E-state index is 0.0594. The van der Waals surface area contributed by atoms with Crippen LogP contribution < -0.4 is 10.6 Å². The summed E-state index contributed by atoms with van der Waals surface area (Å²) < 4.78 is 0. The average molecular weight is 372 g/mol. The fourth-order valence-corrected chi connectivity index (χ4v) is 2.30. The summed E-state index contributed by atoms with van der Waals surface area (Å²) in [6.07, 6.45) is 0.949. The number of carbonyl (C=O) groups excluding carboxylic acids is 3. The number of carbonyl (C=O) groups is 3. The molecule has 25 heavy (non-hydrogen) atoms. The van der Waals surface area contributed by atoms with Crippen molar-refractivity contribution in [1.82, 2.24) is 10.6 Å². The molecule has 0 aliphatic rings. The Morgan fingerprint density at radius 3 is 2.32 bits per heavy atom. The van der Waals surface area contributed by atoms with Crippen molar-refractivity contribution in [3.05, 3.63) is 23.0 Å². The van der Waals surface area contributed by atoms with Gasteiger partial charge in [-0.05, 0) is 23.7 Å². The maximum absolute atomic E-state index is 11.7. The van der Waals surface area contributed by atoms with Gasteiger partial charge in [-0.15, -0.1) is 11.8 Å². The summed E-state index contributed by atoms with van der Waals surface area (Å²) >= 11 is 1.46. The van der Waals surface area contributed by atoms with Crippen molar-refractivity contribution >= 4 is 29.4 Å². The molecule has 1 unspecified atom stereocenters. The maximum Gasteiger partial charge on any atom is 0.287 e. The van der Waals surface area contributed by atoms with Crippen LogP contribution in [-0.2, 0) is 14.4 Å². The topological polar surface area (TPSA) is 116 Å². The zero-order chi connectivity index (χ0) is 19.5. The Labute approximate surface area is 152 Å². The van der Waals surface area contributed by atoms with E-state index in [1.807, 2.05) is 13.0 Å². The van der Waals surface area contributed by atoms with Crippen LogP contribution >= 0.6 is 11.8 Å². The highest BCUT2D eigenvalue weighted by molar-refractivity contribution is 8.05. The van der Waals surface area contributed by atoms with Gasteiger partial charge in [-0.3, -0.25) is 14.4 Å². The minimum atomic E-state index is -1.40. The third-order valence-corrected chi connectivity index (χ3v) is 4.42. The second-order valence-corrected chi connectivity index (χ2v) is 7.15. The number of nitrogens with one attached hydrogen (secondary N) is 2. The molecule has 0 aromatic carbocycles. The molecule has 0 fully saturated rings. The molecule has 0 aliphatic carbocycles. The van der Waals surface area contributed by atoms with Crippen LogP contribution in [0.15, 0.2) is 23.0 Å². The summed E-state index contributed by atoms with van der Waals surface area (Å²) in [7, 11) is 0. The number of rotatable bonds is 12. The van der Waals surface area contributed by atoms with Crippen molar-refractivity contribution < 1.29 is 24.6 Å². The number of aliphatic hydroxyl groups excluding tert-OH is 2. The zero-order valence-corrected chi connectivity index (χ0v) is 15.8. The van der Waals surface area contributed by atoms with E-state index < -0.39 is 29.1 Å². The summed E-state index contributed by atoms with van der Waals surface area (Å²) in [5.74, 6) is -2.04. The number of Topliss-reactive ketones (excluding diaryl/α,β-unsaturated/α-hetero) is 1. The molecule has 0 bridgehead atoms. The van der Waals surface area contributed by atoms with Crippen molar-refractivity contribution in [1.29, 1.82) is 0 Å². The second-order valence-electron chi connectivity index (χ2n) is 6.06. The third-order valence-electron chi connectivity index (χ3n) is 3.51. The molecule has 0 aromatic rings. The van der Waals surface area contributed by atoms with E-state index in [0.717, 1.165) is 4.91 Å². The summed E-state index contributed by atoms with van der Waals surface area (Å²) in [5.41, 5.74) is -0.987. The molecule has 1 atom stereocenters. The molecular formula is C17H28N2O5S. The molecule has 0 heterocycles. The van der Waals surface area contributed by atoms with E-state index in [0.29, 0.717) is 13.0 Å². The smallest absolute Gasteiger partial charge is 0.287 e. The highest BCUT2D eigenvalue weighted by Gasteiger charge is 2.32. The van der Waals surface area contributed by atoms with Gasteiger partial charge in [0.25, 0.3) is 5.91 Å². The lowest BCUT2D eigenvalue weighted by Gasteiger charge is -2.27. The molecule has 0 spiro atoms. The number of thioether (sulfide) groups is 1. The SMILES string of the molecule is C=CSC(=CC)CCNC(=O)C(=O)CCNC(=O)C(O)C(C)(C)CO. The maximum atomic E-state index is 11.7. The van der Waals surface area contributed by atoms with Gasteiger partial charge in [0.15, 0.2) is 0 Å². The average Bonchev–Trinajstić information content (AvgIpc) is 2.59. The van der Waals surface area contributed by atoms with Crippen LogP contribution in [0.2, 0.25) is 0 Å². The van der Waals surface area contributed by atoms with Crippen LogP contribution in [0.1, 0.15) is 33.6 Å². The lowest BCUT2D eigenvalue weighted by molar-refractivity contribution is -0.139. The van der Waals surface area contributed by atoms with Gasteiger partial charge in [-0.1, -0.05) is 26.5 Å². The number of ketones is 1. The number of aliphatic hydroxyl groups is 2. The van der Waals surface area contributed by atoms with E-state index in [2.05, 4.69) is 17.2 Å². The van der Waals surface area contributed by atoms with E-state index in [1.165, 1.54) is 11.8 Å². The third kappa shape index (κ3) is 8.85. The molecule has 0 saturated heterocycles. The molecule has 7 nitrogen and oxygen atoms in total. The van der Waals surface area contributed by atoms with Crippen molar-refractivity contribution in [3.63, 3.8) is 0 Å². The molecule has 4 N–H and O–H groups in total. The van der Waals surface area contributed by atoms with E-state index in [-0.39, 0.29) is 19.6 Å². The van der Waals surface area contributed by atoms with Crippen molar-refractivity contribution in [2.24, 2.45) is 5.41 Å². The lowest BCUT2D eigenvalue weighted by atomic mass is 9.87. The minimum Gasteiger partial charge on any atom is -0.396 e. The van der Waals surface area contributed by atoms with Crippen molar-refractivity contribution in [2.75, 3.05) is 19.7 Å². The van der Waals surface area contributed by atoms with Gasteiger partial charge in [0.1, 0.15) is 6.10 Å². The number of hydrogen-bond donors (Lipinski definition) is 4. The molecule has 2 amide bonds. The normalized spacial score (nSPS) is 13.1. The first kappa shape index (κ1) is 23.4. The van der Waals surface area contributed by atoms with Crippen LogP contribution in [0.5, 0.6) is 0 Å². The molecule has 8 heteroatoms. The van der Waals surface area contributed by atoms with Crippen LogP contribution in [0.25, 0.3) is 0 Å². The molecule has 0 radical (unpaired) electrons. The Balaban J connectivity index is 4.16. The Kier molecular flexibility index (Phi) is 11.1. The second kappa shape index (κ2) is 11.8. The quantitative estimate of drug-likeness (QED) is 0.375. The largest absolute Gasteiger partial charge is 0.396 e. The Hall–Kier alpha value is -1.64. The number of allylic oxidation sites excluding steroid dienone is 1. The molecule has 0 rings (SSSR count). The van der Waals surface area contributed by atoms with Crippen LogP contribution in [0.4, 0.5) is 0 Å². The van der Waals surface area contributed by atoms with E-state index in [4.69, 9.17) is 5.11 Å². The van der Waals surface area contributed by atoms with Gasteiger partial charge in [0, 0.05) is 24.9 Å². The predicted molar refractivity (Wildman–Crippen MR) is 98.7 cm³/mol. The van der Waals surface area contributed by atoms with Crippen LogP contribution in [-0.4, -0.2) is 53.6 Å². The summed E-state index contributed by atoms with van der Waals surface area (Å²) in [6, 6.07) is 0. The van der Waals surface area contributed by atoms with E-state index >= 15 is 0 Å². The Morgan fingerprint density at radius 2 is 1.80 bits per heavy atom. The lowest BCUT2D eigenvalue weighted by Crippen LogP contribution is -2.46. The number of hydrogen-bond acceptors (Lipinski definition) is 6. The first-order valence-corrected chi connectivity index (χ1v) is 8.88. The van der Waals surface area contributed by atoms with Crippen molar-refractivity contribution in [2.45, 2.75) is 39.7 Å². The fourth-order valence-electron chi connectivity index (χ4n) is 1.73. The first-order chi connectivity index (χ1) is 11.7. The highest BCUT2D eigenvalue weighted by atomic mass is 32.2. The van der Waals surface area contributed by atoms with Crippen LogP contribution in [0, 0.1) is 5.41 Å². The molecule has 0 aromatic heterocycles. The summed E-state index contributed by atoms with van der Waals surface area (Å²) in [4.78, 5) is 36.2. The Bertz CT molecular complexity index is 517. The Morgan fingerprint density at radius 1 is 1.20 bits per heavy atom. The fraction of sp³-hybridized carbons (Fsp3) is 0.588. The predicted octanol–water partition coefficient (Wildman–Crippen LogP) is 0.728. The summed E-state index contributed by atoms with van der Waals surface area (Å²) in [5, 5.41) is 25.5. The van der Waals surface area contributed by atoms with Crippen molar-refractivity contribution in [3.8, 4) is 0 Å². The first-order valence-electron chi connectivity index (χ1n) is 8.00. The van der Waals surface area contributed by atoms with Gasteiger partial charge >= 0.3 is 0 Å². The van der Waals surface area contributed by atoms with E-state index in [9.17, 15) is 19.5 Å². The number of amides is 2. The molecule has 0 saturated carbocycles. The monoisotopic (exact) mass is 372 g/mol. The zero-order valence-electron chi connectivity index (χ0n) is 15.0. The molecule has 142 valence electrons. The van der Waals surface area contributed by atoms with Gasteiger partial charge in [0.05, 0.1) is 6.61 Å². The summed E-state index contributed by atoms with van der Waals surface area (Å²) in [6.45, 7) is 8.50. The van der Waals surface area contributed by atoms with Gasteiger partial charge in [0.2, 0.25) is 11.7 Å². The van der Waals surface area contributed by atoms with Crippen LogP contribution in [0.3, 0.4) is 0 Å². The highest BCUT2D eigenvalue weighted by Crippen LogP contribution is 2.19. The van der Waals surface area contributed by atoms with E-state index in [1.54, 1.807) is 19.3 Å².